The second-order valence-electron chi connectivity index (χ2n) is 6.52. The molecule has 2 aliphatic rings. The van der Waals surface area contributed by atoms with Crippen molar-refractivity contribution in [3.63, 3.8) is 0 Å². The van der Waals surface area contributed by atoms with Gasteiger partial charge in [-0.2, -0.15) is 0 Å². The average molecular weight is 355 g/mol. The van der Waals surface area contributed by atoms with Crippen LogP contribution in [0.5, 0.6) is 0 Å². The van der Waals surface area contributed by atoms with Gasteiger partial charge in [-0.05, 0) is 25.0 Å². The molecule has 4 rings (SSSR count). The fourth-order valence-corrected chi connectivity index (χ4v) is 3.37. The number of carbonyl (C=O) groups is 2. The molecule has 0 bridgehead atoms. The minimum atomic E-state index is -0.143. The van der Waals surface area contributed by atoms with Crippen molar-refractivity contribution in [2.75, 3.05) is 44.2 Å². The molecule has 0 N–H and O–H groups in total. The highest BCUT2D eigenvalue weighted by atomic mass is 16.3. The highest BCUT2D eigenvalue weighted by molar-refractivity contribution is 5.93. The van der Waals surface area contributed by atoms with Crippen molar-refractivity contribution >= 4 is 17.6 Å². The Labute approximate surface area is 151 Å². The molecule has 4 heterocycles. The summed E-state index contributed by atoms with van der Waals surface area (Å²) in [6.07, 6.45) is 7.05. The van der Waals surface area contributed by atoms with Gasteiger partial charge in [0.15, 0.2) is 5.76 Å². The Morgan fingerprint density at radius 3 is 2.15 bits per heavy atom. The van der Waals surface area contributed by atoms with Gasteiger partial charge in [0.1, 0.15) is 11.5 Å². The van der Waals surface area contributed by atoms with E-state index in [4.69, 9.17) is 4.42 Å². The van der Waals surface area contributed by atoms with Crippen LogP contribution < -0.4 is 4.90 Å². The summed E-state index contributed by atoms with van der Waals surface area (Å²) in [6, 6.07) is 3.34. The lowest BCUT2D eigenvalue weighted by Crippen LogP contribution is -2.50. The van der Waals surface area contributed by atoms with E-state index < -0.39 is 0 Å². The number of carbonyl (C=O) groups excluding carboxylic acids is 2. The zero-order valence-electron chi connectivity index (χ0n) is 14.5. The molecular formula is C18H21N5O3. The lowest BCUT2D eigenvalue weighted by molar-refractivity contribution is 0.0515. The number of piperazine rings is 1. The van der Waals surface area contributed by atoms with Gasteiger partial charge >= 0.3 is 0 Å². The van der Waals surface area contributed by atoms with Crippen LogP contribution >= 0.6 is 0 Å². The molecule has 136 valence electrons. The minimum absolute atomic E-state index is 0.142. The number of anilines is 1. The Hall–Kier alpha value is -2.90. The number of hydrogen-bond acceptors (Lipinski definition) is 6. The SMILES string of the molecule is O=C(c1cnc(N2CCCC2)cn1)N1CCN(C(=O)c2ccco2)CC1. The van der Waals surface area contributed by atoms with Gasteiger partial charge in [-0.15, -0.1) is 0 Å². The van der Waals surface area contributed by atoms with Crippen molar-refractivity contribution in [1.29, 1.82) is 0 Å². The fourth-order valence-electron chi connectivity index (χ4n) is 3.37. The van der Waals surface area contributed by atoms with Gasteiger partial charge in [0.2, 0.25) is 0 Å². The minimum Gasteiger partial charge on any atom is -0.459 e. The normalized spacial score (nSPS) is 17.6. The summed E-state index contributed by atoms with van der Waals surface area (Å²) in [6.45, 7) is 3.89. The molecular weight excluding hydrogens is 334 g/mol. The molecule has 0 saturated carbocycles. The smallest absolute Gasteiger partial charge is 0.289 e. The number of amides is 2. The Bertz CT molecular complexity index is 761. The molecule has 0 radical (unpaired) electrons. The molecule has 2 saturated heterocycles. The van der Waals surface area contributed by atoms with E-state index in [1.165, 1.54) is 19.1 Å². The summed E-state index contributed by atoms with van der Waals surface area (Å²) in [4.78, 5) is 39.2. The van der Waals surface area contributed by atoms with Crippen LogP contribution in [0.3, 0.4) is 0 Å². The van der Waals surface area contributed by atoms with Crippen LogP contribution in [0.4, 0.5) is 5.82 Å². The van der Waals surface area contributed by atoms with Gasteiger partial charge in [0.05, 0.1) is 18.7 Å². The van der Waals surface area contributed by atoms with Gasteiger partial charge in [-0.3, -0.25) is 9.59 Å². The van der Waals surface area contributed by atoms with E-state index in [2.05, 4.69) is 14.9 Å². The molecule has 26 heavy (non-hydrogen) atoms. The average Bonchev–Trinajstić information content (AvgIpc) is 3.41. The number of hydrogen-bond donors (Lipinski definition) is 0. The van der Waals surface area contributed by atoms with E-state index in [1.807, 2.05) is 0 Å². The lowest BCUT2D eigenvalue weighted by atomic mass is 10.2. The first-order valence-corrected chi connectivity index (χ1v) is 8.91. The Balaban J connectivity index is 1.35. The highest BCUT2D eigenvalue weighted by Gasteiger charge is 2.27. The lowest BCUT2D eigenvalue weighted by Gasteiger charge is -2.34. The third kappa shape index (κ3) is 3.26. The molecule has 0 spiro atoms. The number of furan rings is 1. The molecule has 2 fully saturated rings. The van der Waals surface area contributed by atoms with Crippen LogP contribution in [0.2, 0.25) is 0 Å². The summed E-state index contributed by atoms with van der Waals surface area (Å²) in [5.74, 6) is 0.869. The predicted molar refractivity (Wildman–Crippen MR) is 94.0 cm³/mol. The first-order chi connectivity index (χ1) is 12.7. The second-order valence-corrected chi connectivity index (χ2v) is 6.52. The van der Waals surface area contributed by atoms with E-state index in [-0.39, 0.29) is 11.8 Å². The van der Waals surface area contributed by atoms with Gasteiger partial charge < -0.3 is 19.1 Å². The van der Waals surface area contributed by atoms with Crippen molar-refractivity contribution in [3.05, 3.63) is 42.2 Å². The van der Waals surface area contributed by atoms with Crippen LogP contribution in [0.15, 0.2) is 35.2 Å². The van der Waals surface area contributed by atoms with Crippen molar-refractivity contribution in [2.24, 2.45) is 0 Å². The highest BCUT2D eigenvalue weighted by Crippen LogP contribution is 2.17. The van der Waals surface area contributed by atoms with Crippen molar-refractivity contribution in [2.45, 2.75) is 12.8 Å². The summed E-state index contributed by atoms with van der Waals surface area (Å²) in [5, 5.41) is 0. The third-order valence-electron chi connectivity index (χ3n) is 4.87. The molecule has 8 nitrogen and oxygen atoms in total. The quantitative estimate of drug-likeness (QED) is 0.825. The molecule has 2 aromatic rings. The molecule has 2 aromatic heterocycles. The fraction of sp³-hybridized carbons (Fsp3) is 0.444. The summed E-state index contributed by atoms with van der Waals surface area (Å²) >= 11 is 0. The van der Waals surface area contributed by atoms with Crippen LogP contribution in [0.1, 0.15) is 33.9 Å². The second kappa shape index (κ2) is 7.15. The topological polar surface area (TPSA) is 82.8 Å². The monoisotopic (exact) mass is 355 g/mol. The zero-order chi connectivity index (χ0) is 17.9. The van der Waals surface area contributed by atoms with Gasteiger partial charge in [0, 0.05) is 39.3 Å². The maximum absolute atomic E-state index is 12.6. The van der Waals surface area contributed by atoms with Crippen molar-refractivity contribution < 1.29 is 14.0 Å². The number of rotatable bonds is 3. The first-order valence-electron chi connectivity index (χ1n) is 8.91. The van der Waals surface area contributed by atoms with E-state index in [1.54, 1.807) is 34.3 Å². The van der Waals surface area contributed by atoms with Crippen molar-refractivity contribution in [1.82, 2.24) is 19.8 Å². The maximum atomic E-state index is 12.6. The Morgan fingerprint density at radius 1 is 0.885 bits per heavy atom. The maximum Gasteiger partial charge on any atom is 0.289 e. The van der Waals surface area contributed by atoms with E-state index in [9.17, 15) is 9.59 Å². The first kappa shape index (κ1) is 16.6. The third-order valence-corrected chi connectivity index (χ3v) is 4.87. The molecule has 8 heteroatoms. The van der Waals surface area contributed by atoms with Gasteiger partial charge in [-0.1, -0.05) is 0 Å². The summed E-state index contributed by atoms with van der Waals surface area (Å²) < 4.78 is 5.15. The standard InChI is InChI=1S/C18H21N5O3/c24-17(14-12-20-16(13-19-14)21-5-1-2-6-21)22-7-9-23(10-8-22)18(25)15-4-3-11-26-15/h3-4,11-13H,1-2,5-10H2. The van der Waals surface area contributed by atoms with Crippen LogP contribution in [0.25, 0.3) is 0 Å². The van der Waals surface area contributed by atoms with Crippen LogP contribution in [-0.2, 0) is 0 Å². The molecule has 2 amide bonds. The number of nitrogens with zero attached hydrogens (tertiary/aromatic N) is 5. The molecule has 0 aliphatic carbocycles. The number of aromatic nitrogens is 2. The zero-order valence-corrected chi connectivity index (χ0v) is 14.5. The Morgan fingerprint density at radius 2 is 1.58 bits per heavy atom. The van der Waals surface area contributed by atoms with Gasteiger partial charge in [0.25, 0.3) is 11.8 Å². The summed E-state index contributed by atoms with van der Waals surface area (Å²) in [7, 11) is 0. The van der Waals surface area contributed by atoms with E-state index >= 15 is 0 Å². The Kier molecular flexibility index (Phi) is 4.55. The predicted octanol–water partition coefficient (Wildman–Crippen LogP) is 1.27. The van der Waals surface area contributed by atoms with Crippen LogP contribution in [-0.4, -0.2) is 70.9 Å². The van der Waals surface area contributed by atoms with E-state index in [0.29, 0.717) is 37.6 Å². The van der Waals surface area contributed by atoms with E-state index in [0.717, 1.165) is 18.9 Å². The molecule has 0 unspecified atom stereocenters. The molecule has 0 atom stereocenters. The van der Waals surface area contributed by atoms with Crippen molar-refractivity contribution in [3.8, 4) is 0 Å². The molecule has 2 aliphatic heterocycles. The largest absolute Gasteiger partial charge is 0.459 e. The molecule has 0 aromatic carbocycles. The van der Waals surface area contributed by atoms with Crippen LogP contribution in [0, 0.1) is 0 Å². The summed E-state index contributed by atoms with van der Waals surface area (Å²) in [5.41, 5.74) is 0.346. The van der Waals surface area contributed by atoms with Gasteiger partial charge in [-0.25, -0.2) is 9.97 Å².